The lowest BCUT2D eigenvalue weighted by Crippen LogP contribution is -2.15. The molecule has 4 rings (SSSR count). The Kier molecular flexibility index (Phi) is 4.42. The number of anilines is 1. The molecule has 0 aliphatic heterocycles. The second-order valence-electron chi connectivity index (χ2n) is 5.56. The molecule has 0 spiro atoms. The maximum absolute atomic E-state index is 12.8. The summed E-state index contributed by atoms with van der Waals surface area (Å²) in [5.41, 5.74) is 1.81. The van der Waals surface area contributed by atoms with E-state index in [4.69, 9.17) is 0 Å². The van der Waals surface area contributed by atoms with Crippen molar-refractivity contribution in [3.8, 4) is 10.6 Å². The normalized spacial score (nSPS) is 11.6. The average molecular weight is 417 g/mol. The van der Waals surface area contributed by atoms with Gasteiger partial charge >= 0.3 is 5.97 Å². The van der Waals surface area contributed by atoms with Crippen molar-refractivity contribution in [2.24, 2.45) is 0 Å². The molecule has 2 heterocycles. The number of nitrogens with zero attached hydrogens (tertiary/aromatic N) is 1. The highest BCUT2D eigenvalue weighted by Gasteiger charge is 2.25. The number of carboxylic acids is 1. The Morgan fingerprint density at radius 1 is 1.04 bits per heavy atom. The summed E-state index contributed by atoms with van der Waals surface area (Å²) in [7, 11) is -4.05. The standard InChI is InChI=1S/C18H12N2O4S3/c21-18(22)16-15(9-10-25-16)27(23,24)20-12-6-2-1-5-11(12)17-19-13-7-3-4-8-14(13)26-17/h1-10,20H,(H,21,22). The molecule has 0 fully saturated rings. The summed E-state index contributed by atoms with van der Waals surface area (Å²) in [6.07, 6.45) is 0. The highest BCUT2D eigenvalue weighted by molar-refractivity contribution is 7.93. The quantitative estimate of drug-likeness (QED) is 0.498. The number of hydrogen-bond donors (Lipinski definition) is 2. The lowest BCUT2D eigenvalue weighted by Gasteiger charge is -2.11. The first-order chi connectivity index (χ1) is 13.0. The molecule has 27 heavy (non-hydrogen) atoms. The van der Waals surface area contributed by atoms with Crippen molar-refractivity contribution in [2.45, 2.75) is 4.90 Å². The van der Waals surface area contributed by atoms with E-state index in [9.17, 15) is 18.3 Å². The first-order valence-corrected chi connectivity index (χ1v) is 10.9. The van der Waals surface area contributed by atoms with Gasteiger partial charge in [-0.1, -0.05) is 24.3 Å². The zero-order valence-corrected chi connectivity index (χ0v) is 16.1. The smallest absolute Gasteiger partial charge is 0.347 e. The van der Waals surface area contributed by atoms with Crippen LogP contribution in [0.4, 0.5) is 5.69 Å². The van der Waals surface area contributed by atoms with Gasteiger partial charge in [-0.05, 0) is 35.7 Å². The average Bonchev–Trinajstić information content (AvgIpc) is 3.29. The fourth-order valence-electron chi connectivity index (χ4n) is 2.61. The van der Waals surface area contributed by atoms with Crippen molar-refractivity contribution in [2.75, 3.05) is 4.72 Å². The van der Waals surface area contributed by atoms with Crippen LogP contribution in [-0.4, -0.2) is 24.5 Å². The van der Waals surface area contributed by atoms with Crippen molar-refractivity contribution in [3.05, 3.63) is 64.9 Å². The number of fused-ring (bicyclic) bond motifs is 1. The fraction of sp³-hybridized carbons (Fsp3) is 0. The fourth-order valence-corrected chi connectivity index (χ4v) is 5.96. The first-order valence-electron chi connectivity index (χ1n) is 7.74. The molecule has 0 unspecified atom stereocenters. The molecular formula is C18H12N2O4S3. The lowest BCUT2D eigenvalue weighted by atomic mass is 10.2. The van der Waals surface area contributed by atoms with E-state index in [0.29, 0.717) is 16.3 Å². The Morgan fingerprint density at radius 3 is 2.56 bits per heavy atom. The van der Waals surface area contributed by atoms with Crippen LogP contribution in [0.5, 0.6) is 0 Å². The van der Waals surface area contributed by atoms with Gasteiger partial charge in [0.2, 0.25) is 0 Å². The molecule has 0 saturated heterocycles. The van der Waals surface area contributed by atoms with E-state index in [0.717, 1.165) is 21.6 Å². The second-order valence-corrected chi connectivity index (χ2v) is 9.15. The summed E-state index contributed by atoms with van der Waals surface area (Å²) in [5, 5.41) is 11.3. The van der Waals surface area contributed by atoms with Gasteiger partial charge in [0.15, 0.2) is 0 Å². The van der Waals surface area contributed by atoms with E-state index >= 15 is 0 Å². The lowest BCUT2D eigenvalue weighted by molar-refractivity contribution is 0.0698. The zero-order valence-electron chi connectivity index (χ0n) is 13.6. The number of carboxylic acid groups (broad SMARTS) is 1. The Hall–Kier alpha value is -2.75. The van der Waals surface area contributed by atoms with Crippen LogP contribution in [0.25, 0.3) is 20.8 Å². The van der Waals surface area contributed by atoms with Crippen LogP contribution < -0.4 is 4.72 Å². The predicted molar refractivity (Wildman–Crippen MR) is 107 cm³/mol. The van der Waals surface area contributed by atoms with E-state index in [1.807, 2.05) is 24.3 Å². The number of aromatic carboxylic acids is 1. The number of rotatable bonds is 5. The molecule has 2 aromatic carbocycles. The van der Waals surface area contributed by atoms with Crippen LogP contribution in [-0.2, 0) is 10.0 Å². The molecule has 0 atom stereocenters. The van der Waals surface area contributed by atoms with Gasteiger partial charge in [-0.3, -0.25) is 4.72 Å². The summed E-state index contributed by atoms with van der Waals surface area (Å²) in [6.45, 7) is 0. The largest absolute Gasteiger partial charge is 0.477 e. The van der Waals surface area contributed by atoms with Crippen molar-refractivity contribution in [1.82, 2.24) is 4.98 Å². The molecule has 0 aliphatic rings. The Labute approximate surface area is 162 Å². The van der Waals surface area contributed by atoms with E-state index in [-0.39, 0.29) is 9.77 Å². The molecule has 0 saturated carbocycles. The van der Waals surface area contributed by atoms with Gasteiger partial charge in [-0.2, -0.15) is 0 Å². The molecule has 0 aliphatic carbocycles. The molecule has 4 aromatic rings. The SMILES string of the molecule is O=C(O)c1sccc1S(=O)(=O)Nc1ccccc1-c1nc2ccccc2s1. The maximum atomic E-state index is 12.8. The number of thiophene rings is 1. The highest BCUT2D eigenvalue weighted by atomic mass is 32.2. The van der Waals surface area contributed by atoms with Gasteiger partial charge in [0.25, 0.3) is 10.0 Å². The molecule has 9 heteroatoms. The molecule has 2 aromatic heterocycles. The van der Waals surface area contributed by atoms with E-state index in [1.54, 1.807) is 24.3 Å². The summed E-state index contributed by atoms with van der Waals surface area (Å²) in [4.78, 5) is 15.4. The third-order valence-corrected chi connectivity index (χ3v) is 7.32. The summed E-state index contributed by atoms with van der Waals surface area (Å²) >= 11 is 2.33. The Balaban J connectivity index is 1.77. The van der Waals surface area contributed by atoms with E-state index in [2.05, 4.69) is 9.71 Å². The van der Waals surface area contributed by atoms with Crippen molar-refractivity contribution >= 4 is 54.6 Å². The van der Waals surface area contributed by atoms with Gasteiger partial charge in [0, 0.05) is 5.56 Å². The molecule has 2 N–H and O–H groups in total. The number of benzene rings is 2. The van der Waals surface area contributed by atoms with Crippen LogP contribution in [0, 0.1) is 0 Å². The predicted octanol–water partition coefficient (Wildman–Crippen LogP) is 4.52. The summed E-state index contributed by atoms with van der Waals surface area (Å²) < 4.78 is 29.0. The monoisotopic (exact) mass is 416 g/mol. The van der Waals surface area contributed by atoms with E-state index < -0.39 is 16.0 Å². The maximum Gasteiger partial charge on any atom is 0.347 e. The van der Waals surface area contributed by atoms with Crippen molar-refractivity contribution < 1.29 is 18.3 Å². The number of carbonyl (C=O) groups is 1. The number of para-hydroxylation sites is 2. The minimum absolute atomic E-state index is 0.222. The van der Waals surface area contributed by atoms with Gasteiger partial charge in [0.05, 0.1) is 15.9 Å². The minimum Gasteiger partial charge on any atom is -0.477 e. The molecule has 0 amide bonds. The van der Waals surface area contributed by atoms with Gasteiger partial charge < -0.3 is 5.11 Å². The number of thiazole rings is 1. The first kappa shape index (κ1) is 17.7. The third kappa shape index (κ3) is 3.32. The molecule has 6 nitrogen and oxygen atoms in total. The topological polar surface area (TPSA) is 96.4 Å². The molecular weight excluding hydrogens is 404 g/mol. The molecule has 0 radical (unpaired) electrons. The highest BCUT2D eigenvalue weighted by Crippen LogP contribution is 2.35. The zero-order chi connectivity index (χ0) is 19.0. The van der Waals surface area contributed by atoms with Crippen LogP contribution >= 0.6 is 22.7 Å². The number of aromatic nitrogens is 1. The Morgan fingerprint density at radius 2 is 1.78 bits per heavy atom. The number of nitrogens with one attached hydrogen (secondary N) is 1. The van der Waals surface area contributed by atoms with Gasteiger partial charge in [-0.25, -0.2) is 18.2 Å². The number of hydrogen-bond acceptors (Lipinski definition) is 6. The van der Waals surface area contributed by atoms with Crippen molar-refractivity contribution in [3.63, 3.8) is 0 Å². The second kappa shape index (κ2) is 6.76. The van der Waals surface area contributed by atoms with Crippen LogP contribution in [0.15, 0.2) is 64.9 Å². The summed E-state index contributed by atoms with van der Waals surface area (Å²) in [6, 6.07) is 15.9. The van der Waals surface area contributed by atoms with E-state index in [1.165, 1.54) is 22.8 Å². The minimum atomic E-state index is -4.05. The van der Waals surface area contributed by atoms with Crippen LogP contribution in [0.3, 0.4) is 0 Å². The Bertz CT molecular complexity index is 1230. The molecule has 136 valence electrons. The molecule has 0 bridgehead atoms. The third-order valence-electron chi connectivity index (χ3n) is 3.81. The van der Waals surface area contributed by atoms with Crippen molar-refractivity contribution in [1.29, 1.82) is 0 Å². The van der Waals surface area contributed by atoms with Gasteiger partial charge in [0.1, 0.15) is 14.8 Å². The van der Waals surface area contributed by atoms with Crippen LogP contribution in [0.2, 0.25) is 0 Å². The van der Waals surface area contributed by atoms with Crippen LogP contribution in [0.1, 0.15) is 9.67 Å². The van der Waals surface area contributed by atoms with Gasteiger partial charge in [-0.15, -0.1) is 22.7 Å². The number of sulfonamides is 1. The summed E-state index contributed by atoms with van der Waals surface area (Å²) in [5.74, 6) is -1.27.